The summed E-state index contributed by atoms with van der Waals surface area (Å²) in [4.78, 5) is 24.0. The minimum atomic E-state index is -0.198. The van der Waals surface area contributed by atoms with Gasteiger partial charge in [0.05, 0.1) is 0 Å². The van der Waals surface area contributed by atoms with Crippen LogP contribution in [0.2, 0.25) is 0 Å². The zero-order valence-corrected chi connectivity index (χ0v) is 16.7. The van der Waals surface area contributed by atoms with Crippen LogP contribution >= 0.6 is 0 Å². The summed E-state index contributed by atoms with van der Waals surface area (Å²) in [6.07, 6.45) is 5.39. The van der Waals surface area contributed by atoms with Gasteiger partial charge in [-0.05, 0) is 87.7 Å². The first kappa shape index (κ1) is 20.8. The van der Waals surface area contributed by atoms with E-state index in [1.165, 1.54) is 0 Å². The maximum Gasteiger partial charge on any atom is 0.221 e. The number of piperidine rings is 2. The molecule has 1 aromatic rings. The molecule has 0 bridgehead atoms. The number of nitrogens with one attached hydrogen (secondary N) is 2. The fraction of sp³-hybridized carbons (Fsp3) is 0.636. The molecule has 0 radical (unpaired) electrons. The predicted octanol–water partition coefficient (Wildman–Crippen LogP) is 0.974. The summed E-state index contributed by atoms with van der Waals surface area (Å²) >= 11 is 0. The van der Waals surface area contributed by atoms with Crippen LogP contribution in [0.5, 0.6) is 0 Å². The number of hydrogen-bond donors (Lipinski definition) is 4. The second-order valence-electron chi connectivity index (χ2n) is 8.42. The molecule has 0 saturated carbocycles. The number of primary amides is 2. The van der Waals surface area contributed by atoms with E-state index < -0.39 is 0 Å². The van der Waals surface area contributed by atoms with Gasteiger partial charge in [0.15, 0.2) is 0 Å². The van der Waals surface area contributed by atoms with Gasteiger partial charge in [0.25, 0.3) is 0 Å². The molecule has 28 heavy (non-hydrogen) atoms. The number of nitrogens with two attached hydrogens (primary N) is 2. The molecule has 154 valence electrons. The summed E-state index contributed by atoms with van der Waals surface area (Å²) < 4.78 is 0. The molecule has 2 atom stereocenters. The fourth-order valence-electron chi connectivity index (χ4n) is 4.81. The van der Waals surface area contributed by atoms with Crippen molar-refractivity contribution in [3.63, 3.8) is 0 Å². The van der Waals surface area contributed by atoms with E-state index in [-0.39, 0.29) is 23.7 Å². The first-order valence-electron chi connectivity index (χ1n) is 10.6. The van der Waals surface area contributed by atoms with Crippen LogP contribution in [0.4, 0.5) is 0 Å². The fourth-order valence-corrected chi connectivity index (χ4v) is 4.81. The van der Waals surface area contributed by atoms with Gasteiger partial charge in [-0.25, -0.2) is 0 Å². The lowest BCUT2D eigenvalue weighted by atomic mass is 9.79. The SMILES string of the molecule is NC(=O)C(Cc1ccc(CC(C(N)=O)C2CCNCC2)cc1)C1CCNCC1. The Morgan fingerprint density at radius 3 is 1.36 bits per heavy atom. The van der Waals surface area contributed by atoms with Crippen molar-refractivity contribution < 1.29 is 9.59 Å². The molecule has 0 aliphatic carbocycles. The number of rotatable bonds is 8. The van der Waals surface area contributed by atoms with Crippen LogP contribution in [0.25, 0.3) is 0 Å². The number of amides is 2. The second-order valence-corrected chi connectivity index (χ2v) is 8.42. The Hall–Kier alpha value is -1.92. The lowest BCUT2D eigenvalue weighted by Crippen LogP contribution is -2.38. The van der Waals surface area contributed by atoms with Crippen molar-refractivity contribution in [1.29, 1.82) is 0 Å². The monoisotopic (exact) mass is 386 g/mol. The highest BCUT2D eigenvalue weighted by Crippen LogP contribution is 2.27. The van der Waals surface area contributed by atoms with Crippen molar-refractivity contribution in [2.24, 2.45) is 35.1 Å². The van der Waals surface area contributed by atoms with E-state index in [2.05, 4.69) is 34.9 Å². The van der Waals surface area contributed by atoms with Gasteiger partial charge in [-0.1, -0.05) is 24.3 Å². The Morgan fingerprint density at radius 1 is 0.750 bits per heavy atom. The number of carbonyl (C=O) groups excluding carboxylic acids is 2. The molecule has 0 aromatic heterocycles. The topological polar surface area (TPSA) is 110 Å². The van der Waals surface area contributed by atoms with Gasteiger partial charge in [0.2, 0.25) is 11.8 Å². The van der Waals surface area contributed by atoms with Gasteiger partial charge in [0.1, 0.15) is 0 Å². The quantitative estimate of drug-likeness (QED) is 0.534. The zero-order chi connectivity index (χ0) is 19.9. The van der Waals surface area contributed by atoms with Gasteiger partial charge in [-0.3, -0.25) is 9.59 Å². The molecule has 6 N–H and O–H groups in total. The van der Waals surface area contributed by atoms with E-state index in [4.69, 9.17) is 11.5 Å². The van der Waals surface area contributed by atoms with Gasteiger partial charge in [-0.2, -0.15) is 0 Å². The van der Waals surface area contributed by atoms with Crippen molar-refractivity contribution in [1.82, 2.24) is 10.6 Å². The highest BCUT2D eigenvalue weighted by molar-refractivity contribution is 5.78. The highest BCUT2D eigenvalue weighted by Gasteiger charge is 2.29. The van der Waals surface area contributed by atoms with Crippen LogP contribution in [-0.4, -0.2) is 38.0 Å². The summed E-state index contributed by atoms with van der Waals surface area (Å²) in [5.74, 6) is 0.101. The van der Waals surface area contributed by atoms with Gasteiger partial charge in [-0.15, -0.1) is 0 Å². The normalized spacial score (nSPS) is 21.1. The van der Waals surface area contributed by atoms with Crippen molar-refractivity contribution in [3.05, 3.63) is 35.4 Å². The summed E-state index contributed by atoms with van der Waals surface area (Å²) in [6.45, 7) is 3.83. The van der Waals surface area contributed by atoms with Crippen LogP contribution < -0.4 is 22.1 Å². The minimum Gasteiger partial charge on any atom is -0.369 e. The lowest BCUT2D eigenvalue weighted by Gasteiger charge is -2.29. The number of carbonyl (C=O) groups is 2. The van der Waals surface area contributed by atoms with Crippen molar-refractivity contribution in [3.8, 4) is 0 Å². The summed E-state index contributed by atoms with van der Waals surface area (Å²) in [5.41, 5.74) is 13.7. The standard InChI is InChI=1S/C22H34N4O2/c23-21(27)19(17-5-9-25-10-6-17)13-15-1-2-16(4-3-15)14-20(22(24)28)18-7-11-26-12-8-18/h1-4,17-20,25-26H,5-14H2,(H2,23,27)(H2,24,28). The van der Waals surface area contributed by atoms with Crippen LogP contribution in [0.15, 0.2) is 24.3 Å². The first-order chi connectivity index (χ1) is 13.5. The molecule has 2 amide bonds. The minimum absolute atomic E-state index is 0.110. The van der Waals surface area contributed by atoms with Crippen molar-refractivity contribution in [2.75, 3.05) is 26.2 Å². The van der Waals surface area contributed by atoms with E-state index >= 15 is 0 Å². The lowest BCUT2D eigenvalue weighted by molar-refractivity contribution is -0.124. The molecular formula is C22H34N4O2. The number of benzene rings is 1. The van der Waals surface area contributed by atoms with Gasteiger partial charge in [0, 0.05) is 11.8 Å². The first-order valence-corrected chi connectivity index (χ1v) is 10.6. The maximum atomic E-state index is 12.0. The Kier molecular flexibility index (Phi) is 7.45. The third-order valence-electron chi connectivity index (χ3n) is 6.57. The molecule has 2 aliphatic heterocycles. The largest absolute Gasteiger partial charge is 0.369 e. The molecule has 0 spiro atoms. The van der Waals surface area contributed by atoms with Crippen LogP contribution in [0, 0.1) is 23.7 Å². The Balaban J connectivity index is 1.62. The van der Waals surface area contributed by atoms with E-state index in [1.54, 1.807) is 0 Å². The molecule has 1 aromatic carbocycles. The predicted molar refractivity (Wildman–Crippen MR) is 110 cm³/mol. The molecule has 2 fully saturated rings. The van der Waals surface area contributed by atoms with Crippen LogP contribution in [-0.2, 0) is 22.4 Å². The molecule has 2 aliphatic rings. The van der Waals surface area contributed by atoms with E-state index in [0.717, 1.165) is 63.0 Å². The van der Waals surface area contributed by atoms with E-state index in [0.29, 0.717) is 24.7 Å². The summed E-state index contributed by atoms with van der Waals surface area (Å²) in [7, 11) is 0. The number of hydrogen-bond acceptors (Lipinski definition) is 4. The molecule has 2 saturated heterocycles. The van der Waals surface area contributed by atoms with Crippen molar-refractivity contribution >= 4 is 11.8 Å². The van der Waals surface area contributed by atoms with Gasteiger partial charge >= 0.3 is 0 Å². The van der Waals surface area contributed by atoms with Crippen LogP contribution in [0.3, 0.4) is 0 Å². The highest BCUT2D eigenvalue weighted by atomic mass is 16.1. The average Bonchev–Trinajstić information content (AvgIpc) is 2.72. The molecule has 3 rings (SSSR count). The van der Waals surface area contributed by atoms with E-state index in [1.807, 2.05) is 0 Å². The summed E-state index contributed by atoms with van der Waals surface area (Å²) in [6, 6.07) is 8.30. The average molecular weight is 387 g/mol. The Bertz CT molecular complexity index is 592. The summed E-state index contributed by atoms with van der Waals surface area (Å²) in [5, 5.41) is 6.68. The Labute approximate surface area is 167 Å². The van der Waals surface area contributed by atoms with E-state index in [9.17, 15) is 9.59 Å². The molecule has 6 nitrogen and oxygen atoms in total. The Morgan fingerprint density at radius 2 is 1.07 bits per heavy atom. The maximum absolute atomic E-state index is 12.0. The molecule has 2 unspecified atom stereocenters. The zero-order valence-electron chi connectivity index (χ0n) is 16.7. The molecular weight excluding hydrogens is 352 g/mol. The van der Waals surface area contributed by atoms with Crippen LogP contribution in [0.1, 0.15) is 36.8 Å². The molecule has 6 heteroatoms. The van der Waals surface area contributed by atoms with Crippen molar-refractivity contribution in [2.45, 2.75) is 38.5 Å². The third kappa shape index (κ3) is 5.55. The second kappa shape index (κ2) is 10.0. The molecule has 2 heterocycles. The smallest absolute Gasteiger partial charge is 0.221 e. The third-order valence-corrected chi connectivity index (χ3v) is 6.57. The van der Waals surface area contributed by atoms with Gasteiger partial charge < -0.3 is 22.1 Å².